The number of nitrogens with one attached hydrogen (secondary N) is 1. The SMILES string of the molecule is Nc1c(Cl)cc(NC(=O)CCc2ccsc2)cc1Cl. The lowest BCUT2D eigenvalue weighted by Gasteiger charge is -2.08. The van der Waals surface area contributed by atoms with Crippen molar-refractivity contribution in [2.45, 2.75) is 12.8 Å². The van der Waals surface area contributed by atoms with E-state index in [4.69, 9.17) is 28.9 Å². The molecule has 0 saturated heterocycles. The molecule has 0 fully saturated rings. The summed E-state index contributed by atoms with van der Waals surface area (Å²) in [5.41, 5.74) is 7.66. The molecule has 19 heavy (non-hydrogen) atoms. The number of halogens is 2. The summed E-state index contributed by atoms with van der Waals surface area (Å²) in [4.78, 5) is 11.8. The lowest BCUT2D eigenvalue weighted by Crippen LogP contribution is -2.12. The molecule has 0 radical (unpaired) electrons. The van der Waals surface area contributed by atoms with Gasteiger partial charge in [0.15, 0.2) is 0 Å². The lowest BCUT2D eigenvalue weighted by molar-refractivity contribution is -0.116. The lowest BCUT2D eigenvalue weighted by atomic mass is 10.2. The van der Waals surface area contributed by atoms with Crippen molar-refractivity contribution in [1.29, 1.82) is 0 Å². The maximum absolute atomic E-state index is 11.8. The van der Waals surface area contributed by atoms with Crippen LogP contribution in [0.25, 0.3) is 0 Å². The molecular weight excluding hydrogens is 303 g/mol. The van der Waals surface area contributed by atoms with E-state index in [1.54, 1.807) is 23.5 Å². The fourth-order valence-electron chi connectivity index (χ4n) is 1.57. The van der Waals surface area contributed by atoms with Crippen LogP contribution in [0.3, 0.4) is 0 Å². The molecule has 6 heteroatoms. The minimum Gasteiger partial charge on any atom is -0.396 e. The molecule has 1 amide bonds. The van der Waals surface area contributed by atoms with Crippen LogP contribution in [-0.2, 0) is 11.2 Å². The number of carbonyl (C=O) groups is 1. The molecular formula is C13H12Cl2N2OS. The molecule has 0 saturated carbocycles. The van der Waals surface area contributed by atoms with Gasteiger partial charge in [-0.15, -0.1) is 0 Å². The number of amides is 1. The fraction of sp³-hybridized carbons (Fsp3) is 0.154. The summed E-state index contributed by atoms with van der Waals surface area (Å²) in [7, 11) is 0. The highest BCUT2D eigenvalue weighted by molar-refractivity contribution is 7.07. The smallest absolute Gasteiger partial charge is 0.224 e. The molecule has 2 rings (SSSR count). The predicted octanol–water partition coefficient (Wildman–Crippen LogP) is 4.21. The maximum atomic E-state index is 11.8. The molecule has 0 bridgehead atoms. The molecule has 0 unspecified atom stereocenters. The van der Waals surface area contributed by atoms with E-state index in [9.17, 15) is 4.79 Å². The average molecular weight is 315 g/mol. The number of rotatable bonds is 4. The largest absolute Gasteiger partial charge is 0.396 e. The van der Waals surface area contributed by atoms with Crippen LogP contribution in [-0.4, -0.2) is 5.91 Å². The Labute approximate surface area is 125 Å². The summed E-state index contributed by atoms with van der Waals surface area (Å²) in [6, 6.07) is 5.19. The molecule has 0 spiro atoms. The van der Waals surface area contributed by atoms with Crippen molar-refractivity contribution in [3.05, 3.63) is 44.6 Å². The monoisotopic (exact) mass is 314 g/mol. The zero-order valence-corrected chi connectivity index (χ0v) is 12.3. The van der Waals surface area contributed by atoms with E-state index >= 15 is 0 Å². The second kappa shape index (κ2) is 6.28. The third-order valence-corrected chi connectivity index (χ3v) is 3.94. The van der Waals surface area contributed by atoms with Crippen molar-refractivity contribution in [3.63, 3.8) is 0 Å². The van der Waals surface area contributed by atoms with Crippen molar-refractivity contribution in [1.82, 2.24) is 0 Å². The first-order valence-electron chi connectivity index (χ1n) is 5.61. The van der Waals surface area contributed by atoms with Gasteiger partial charge in [0.2, 0.25) is 5.91 Å². The highest BCUT2D eigenvalue weighted by Gasteiger charge is 2.08. The Balaban J connectivity index is 1.95. The molecule has 100 valence electrons. The van der Waals surface area contributed by atoms with Gasteiger partial charge in [0.05, 0.1) is 15.7 Å². The van der Waals surface area contributed by atoms with E-state index in [1.165, 1.54) is 0 Å². The predicted molar refractivity (Wildman–Crippen MR) is 82.1 cm³/mol. The average Bonchev–Trinajstić information content (AvgIpc) is 2.86. The summed E-state index contributed by atoms with van der Waals surface area (Å²) in [5.74, 6) is -0.0805. The van der Waals surface area contributed by atoms with Gasteiger partial charge in [-0.05, 0) is 40.9 Å². The molecule has 0 aliphatic carbocycles. The Morgan fingerprint density at radius 1 is 1.32 bits per heavy atom. The van der Waals surface area contributed by atoms with Gasteiger partial charge < -0.3 is 11.1 Å². The van der Waals surface area contributed by atoms with Crippen molar-refractivity contribution in [2.75, 3.05) is 11.1 Å². The summed E-state index contributed by atoms with van der Waals surface area (Å²) >= 11 is 13.4. The summed E-state index contributed by atoms with van der Waals surface area (Å²) < 4.78 is 0. The number of nitrogen functional groups attached to an aromatic ring is 1. The third-order valence-electron chi connectivity index (χ3n) is 2.58. The second-order valence-electron chi connectivity index (χ2n) is 4.03. The fourth-order valence-corrected chi connectivity index (χ4v) is 2.76. The Bertz CT molecular complexity index is 561. The van der Waals surface area contributed by atoms with Gasteiger partial charge in [-0.3, -0.25) is 4.79 Å². The van der Waals surface area contributed by atoms with Crippen LogP contribution in [0.1, 0.15) is 12.0 Å². The molecule has 1 heterocycles. The molecule has 0 aliphatic rings. The van der Waals surface area contributed by atoms with Crippen LogP contribution in [0, 0.1) is 0 Å². The van der Waals surface area contributed by atoms with Gasteiger partial charge in [0.1, 0.15) is 0 Å². The zero-order valence-electron chi connectivity index (χ0n) is 9.95. The molecule has 0 aliphatic heterocycles. The van der Waals surface area contributed by atoms with Crippen molar-refractivity contribution < 1.29 is 4.79 Å². The molecule has 1 aromatic heterocycles. The Morgan fingerprint density at radius 3 is 2.58 bits per heavy atom. The van der Waals surface area contributed by atoms with Gasteiger partial charge >= 0.3 is 0 Å². The van der Waals surface area contributed by atoms with E-state index in [0.29, 0.717) is 34.3 Å². The van der Waals surface area contributed by atoms with Gasteiger partial charge in [-0.1, -0.05) is 23.2 Å². The Kier molecular flexibility index (Phi) is 4.69. The highest BCUT2D eigenvalue weighted by atomic mass is 35.5. The summed E-state index contributed by atoms with van der Waals surface area (Å²) in [6.45, 7) is 0. The number of hydrogen-bond donors (Lipinski definition) is 2. The quantitative estimate of drug-likeness (QED) is 0.831. The Hall–Kier alpha value is -1.23. The standard InChI is InChI=1S/C13H12Cl2N2OS/c14-10-5-9(6-11(15)13(10)16)17-12(18)2-1-8-3-4-19-7-8/h3-7H,1-2,16H2,(H,17,18). The number of nitrogens with two attached hydrogens (primary N) is 1. The summed E-state index contributed by atoms with van der Waals surface area (Å²) in [5, 5.41) is 7.45. The first kappa shape index (κ1) is 14.2. The zero-order chi connectivity index (χ0) is 13.8. The first-order chi connectivity index (χ1) is 9.06. The number of anilines is 2. The number of hydrogen-bond acceptors (Lipinski definition) is 3. The third kappa shape index (κ3) is 3.86. The number of benzene rings is 1. The van der Waals surface area contributed by atoms with Gasteiger partial charge in [0, 0.05) is 12.1 Å². The van der Waals surface area contributed by atoms with Crippen molar-refractivity contribution in [3.8, 4) is 0 Å². The van der Waals surface area contributed by atoms with Crippen LogP contribution < -0.4 is 11.1 Å². The van der Waals surface area contributed by atoms with E-state index in [0.717, 1.165) is 5.56 Å². The minimum absolute atomic E-state index is 0.0805. The van der Waals surface area contributed by atoms with Crippen LogP contribution in [0.15, 0.2) is 29.0 Å². The molecule has 1 aromatic carbocycles. The first-order valence-corrected chi connectivity index (χ1v) is 7.31. The highest BCUT2D eigenvalue weighted by Crippen LogP contribution is 2.31. The topological polar surface area (TPSA) is 55.1 Å². The molecule has 0 atom stereocenters. The van der Waals surface area contributed by atoms with E-state index in [1.807, 2.05) is 16.8 Å². The van der Waals surface area contributed by atoms with Crippen LogP contribution in [0.4, 0.5) is 11.4 Å². The molecule has 3 N–H and O–H groups in total. The van der Waals surface area contributed by atoms with Crippen molar-refractivity contribution >= 4 is 51.8 Å². The minimum atomic E-state index is -0.0805. The maximum Gasteiger partial charge on any atom is 0.224 e. The molecule has 3 nitrogen and oxygen atoms in total. The number of thiophene rings is 1. The number of carbonyl (C=O) groups excluding carboxylic acids is 1. The van der Waals surface area contributed by atoms with E-state index in [2.05, 4.69) is 5.32 Å². The molecule has 2 aromatic rings. The van der Waals surface area contributed by atoms with Crippen LogP contribution in [0.5, 0.6) is 0 Å². The number of aryl methyl sites for hydroxylation is 1. The normalized spacial score (nSPS) is 10.4. The van der Waals surface area contributed by atoms with Gasteiger partial charge in [-0.2, -0.15) is 11.3 Å². The van der Waals surface area contributed by atoms with Gasteiger partial charge in [0.25, 0.3) is 0 Å². The van der Waals surface area contributed by atoms with Gasteiger partial charge in [-0.25, -0.2) is 0 Å². The Morgan fingerprint density at radius 2 is 2.00 bits per heavy atom. The van der Waals surface area contributed by atoms with E-state index < -0.39 is 0 Å². The van der Waals surface area contributed by atoms with Crippen LogP contribution >= 0.6 is 34.5 Å². The summed E-state index contributed by atoms with van der Waals surface area (Å²) in [6.07, 6.45) is 1.13. The van der Waals surface area contributed by atoms with E-state index in [-0.39, 0.29) is 5.91 Å². The van der Waals surface area contributed by atoms with Crippen LogP contribution in [0.2, 0.25) is 10.0 Å². The van der Waals surface area contributed by atoms with Crippen molar-refractivity contribution in [2.24, 2.45) is 0 Å². The second-order valence-corrected chi connectivity index (χ2v) is 5.63.